The summed E-state index contributed by atoms with van der Waals surface area (Å²) in [6.45, 7) is 0. The van der Waals surface area contributed by atoms with Crippen molar-refractivity contribution in [1.82, 2.24) is 19.7 Å². The number of nitrogens with one attached hydrogen (secondary N) is 2. The summed E-state index contributed by atoms with van der Waals surface area (Å²) in [5.74, 6) is 0.291. The Morgan fingerprint density at radius 1 is 1.15 bits per heavy atom. The number of aromatic amines is 1. The van der Waals surface area contributed by atoms with E-state index in [4.69, 9.17) is 16.7 Å². The van der Waals surface area contributed by atoms with E-state index in [-0.39, 0.29) is 17.5 Å². The van der Waals surface area contributed by atoms with Crippen LogP contribution in [0.4, 0.5) is 10.7 Å². The highest BCUT2D eigenvalue weighted by Crippen LogP contribution is 2.34. The number of carbonyl (C=O) groups is 1. The first-order valence-electron chi connectivity index (χ1n) is 7.56. The maximum Gasteiger partial charge on any atom is 0.411 e. The van der Waals surface area contributed by atoms with Crippen LogP contribution in [0.25, 0.3) is 28.0 Å². The minimum atomic E-state index is -1.28. The lowest BCUT2D eigenvalue weighted by Crippen LogP contribution is -2.13. The molecule has 4 aromatic rings. The predicted octanol–water partition coefficient (Wildman–Crippen LogP) is 3.86. The topological polar surface area (TPSA) is 116 Å². The second-order valence-electron chi connectivity index (χ2n) is 5.49. The van der Waals surface area contributed by atoms with E-state index in [2.05, 4.69) is 20.5 Å². The van der Waals surface area contributed by atoms with Crippen molar-refractivity contribution < 1.29 is 15.0 Å². The number of fused-ring (bicyclic) bond motifs is 1. The molecule has 2 heterocycles. The maximum absolute atomic E-state index is 11.2. The number of para-hydroxylation sites is 1. The Bertz CT molecular complexity index is 1130. The van der Waals surface area contributed by atoms with Crippen LogP contribution in [0, 0.1) is 0 Å². The van der Waals surface area contributed by atoms with E-state index < -0.39 is 6.09 Å². The van der Waals surface area contributed by atoms with Gasteiger partial charge in [-0.25, -0.2) is 4.79 Å². The van der Waals surface area contributed by atoms with E-state index >= 15 is 0 Å². The number of benzene rings is 2. The summed E-state index contributed by atoms with van der Waals surface area (Å²) in [4.78, 5) is 14.2. The van der Waals surface area contributed by atoms with Crippen LogP contribution in [0.1, 0.15) is 0 Å². The normalized spacial score (nSPS) is 11.0. The number of rotatable bonds is 3. The quantitative estimate of drug-likeness (QED) is 0.437. The molecule has 130 valence electrons. The molecule has 1 amide bonds. The second-order valence-corrected chi connectivity index (χ2v) is 5.89. The molecule has 9 heteroatoms. The van der Waals surface area contributed by atoms with Crippen molar-refractivity contribution in [3.05, 3.63) is 53.7 Å². The highest BCUT2D eigenvalue weighted by molar-refractivity contribution is 6.30. The van der Waals surface area contributed by atoms with E-state index in [0.717, 1.165) is 10.9 Å². The third kappa shape index (κ3) is 2.62. The molecule has 2 aromatic heterocycles. The fourth-order valence-electron chi connectivity index (χ4n) is 2.83. The zero-order chi connectivity index (χ0) is 18.3. The molecule has 0 saturated heterocycles. The van der Waals surface area contributed by atoms with Gasteiger partial charge < -0.3 is 15.2 Å². The number of anilines is 1. The van der Waals surface area contributed by atoms with E-state index in [1.807, 2.05) is 6.07 Å². The van der Waals surface area contributed by atoms with Crippen molar-refractivity contribution in [2.45, 2.75) is 0 Å². The molecule has 2 aromatic carbocycles. The number of aromatic hydroxyl groups is 1. The summed E-state index contributed by atoms with van der Waals surface area (Å²) in [5, 5.41) is 30.8. The Kier molecular flexibility index (Phi) is 3.74. The highest BCUT2D eigenvalue weighted by atomic mass is 35.5. The molecule has 0 spiro atoms. The molecule has 8 nitrogen and oxygen atoms in total. The van der Waals surface area contributed by atoms with Crippen LogP contribution in [0.5, 0.6) is 5.75 Å². The fraction of sp³-hybridized carbons (Fsp3) is 0. The molecule has 0 aliphatic heterocycles. The molecule has 4 N–H and O–H groups in total. The molecule has 0 radical (unpaired) electrons. The molecule has 0 bridgehead atoms. The molecular weight excluding hydrogens is 358 g/mol. The molecular formula is C17H12ClN5O3. The zero-order valence-corrected chi connectivity index (χ0v) is 13.9. The van der Waals surface area contributed by atoms with Crippen LogP contribution in [0.3, 0.4) is 0 Å². The standard InChI is InChI=1S/C17H12ClN5O3/c18-14-8-10-11(19-14)5-3-6-12(10)23-15(9-4-1-2-7-13(9)24)21-22-16(23)20-17(25)26/h1-8,19,24H,(H,20,22)(H,25,26). The average molecular weight is 370 g/mol. The zero-order valence-electron chi connectivity index (χ0n) is 13.1. The number of amides is 1. The van der Waals surface area contributed by atoms with Crippen LogP contribution in [0.2, 0.25) is 5.15 Å². The van der Waals surface area contributed by atoms with Gasteiger partial charge in [0.2, 0.25) is 5.95 Å². The lowest BCUT2D eigenvalue weighted by atomic mass is 10.1. The first kappa shape index (κ1) is 16.0. The van der Waals surface area contributed by atoms with Gasteiger partial charge in [0.1, 0.15) is 10.9 Å². The molecule has 26 heavy (non-hydrogen) atoms. The summed E-state index contributed by atoms with van der Waals surface area (Å²) in [7, 11) is 0. The number of hydrogen-bond acceptors (Lipinski definition) is 4. The van der Waals surface area contributed by atoms with Gasteiger partial charge in [-0.15, -0.1) is 10.2 Å². The van der Waals surface area contributed by atoms with Gasteiger partial charge in [0.05, 0.1) is 11.3 Å². The van der Waals surface area contributed by atoms with Crippen molar-refractivity contribution in [1.29, 1.82) is 0 Å². The van der Waals surface area contributed by atoms with Gasteiger partial charge >= 0.3 is 6.09 Å². The van der Waals surface area contributed by atoms with Crippen LogP contribution in [-0.2, 0) is 0 Å². The molecule has 4 rings (SSSR count). The summed E-state index contributed by atoms with van der Waals surface area (Å²) >= 11 is 6.08. The largest absolute Gasteiger partial charge is 0.507 e. The van der Waals surface area contributed by atoms with Crippen molar-refractivity contribution >= 4 is 34.5 Å². The lowest BCUT2D eigenvalue weighted by molar-refractivity contribution is 0.209. The molecule has 0 aliphatic rings. The Labute approximate surface area is 151 Å². The van der Waals surface area contributed by atoms with Gasteiger partial charge in [-0.2, -0.15) is 0 Å². The Morgan fingerprint density at radius 2 is 1.96 bits per heavy atom. The third-order valence-corrected chi connectivity index (χ3v) is 4.08. The molecule has 0 atom stereocenters. The van der Waals surface area contributed by atoms with Gasteiger partial charge in [0, 0.05) is 10.9 Å². The molecule has 0 saturated carbocycles. The van der Waals surface area contributed by atoms with Crippen molar-refractivity contribution in [2.75, 3.05) is 5.32 Å². The smallest absolute Gasteiger partial charge is 0.411 e. The van der Waals surface area contributed by atoms with Crippen LogP contribution in [0.15, 0.2) is 48.5 Å². The van der Waals surface area contributed by atoms with Crippen LogP contribution < -0.4 is 5.32 Å². The number of phenols is 1. The number of hydrogen-bond donors (Lipinski definition) is 4. The summed E-state index contributed by atoms with van der Waals surface area (Å²) in [5.41, 5.74) is 1.79. The van der Waals surface area contributed by atoms with Gasteiger partial charge in [-0.05, 0) is 30.3 Å². The highest BCUT2D eigenvalue weighted by Gasteiger charge is 2.21. The number of carboxylic acid groups (broad SMARTS) is 1. The molecule has 0 unspecified atom stereocenters. The monoisotopic (exact) mass is 369 g/mol. The number of aromatic nitrogens is 4. The van der Waals surface area contributed by atoms with E-state index in [1.54, 1.807) is 36.4 Å². The van der Waals surface area contributed by atoms with Gasteiger partial charge in [0.15, 0.2) is 5.82 Å². The minimum Gasteiger partial charge on any atom is -0.507 e. The predicted molar refractivity (Wildman–Crippen MR) is 97.0 cm³/mol. The summed E-state index contributed by atoms with van der Waals surface area (Å²) < 4.78 is 1.52. The van der Waals surface area contributed by atoms with Gasteiger partial charge in [0.25, 0.3) is 0 Å². The SMILES string of the molecule is O=C(O)Nc1nnc(-c2ccccc2O)n1-c1cccc2[nH]c(Cl)cc12. The van der Waals surface area contributed by atoms with Crippen molar-refractivity contribution in [2.24, 2.45) is 0 Å². The van der Waals surface area contributed by atoms with E-state index in [1.165, 1.54) is 10.6 Å². The summed E-state index contributed by atoms with van der Waals surface area (Å²) in [6.07, 6.45) is -1.28. The Hall–Kier alpha value is -3.52. The van der Waals surface area contributed by atoms with Crippen molar-refractivity contribution in [3.63, 3.8) is 0 Å². The number of nitrogens with zero attached hydrogens (tertiary/aromatic N) is 3. The van der Waals surface area contributed by atoms with E-state index in [0.29, 0.717) is 16.4 Å². The molecule has 0 aliphatic carbocycles. The number of halogens is 1. The Morgan fingerprint density at radius 3 is 2.73 bits per heavy atom. The first-order valence-corrected chi connectivity index (χ1v) is 7.94. The third-order valence-electron chi connectivity index (χ3n) is 3.88. The maximum atomic E-state index is 11.2. The lowest BCUT2D eigenvalue weighted by Gasteiger charge is -2.12. The fourth-order valence-corrected chi connectivity index (χ4v) is 3.04. The number of phenolic OH excluding ortho intramolecular Hbond substituents is 1. The van der Waals surface area contributed by atoms with Crippen LogP contribution in [-0.4, -0.2) is 36.1 Å². The van der Waals surface area contributed by atoms with E-state index in [9.17, 15) is 9.90 Å². The van der Waals surface area contributed by atoms with Crippen molar-refractivity contribution in [3.8, 4) is 22.8 Å². The summed E-state index contributed by atoms with van der Waals surface area (Å²) in [6, 6.07) is 13.8. The van der Waals surface area contributed by atoms with Gasteiger partial charge in [-0.1, -0.05) is 29.8 Å². The average Bonchev–Trinajstić information content (AvgIpc) is 3.17. The second kappa shape index (κ2) is 6.08. The number of H-pyrrole nitrogens is 1. The Balaban J connectivity index is 2.03. The van der Waals surface area contributed by atoms with Crippen LogP contribution >= 0.6 is 11.6 Å². The minimum absolute atomic E-state index is 0.000533. The first-order chi connectivity index (χ1) is 12.5. The van der Waals surface area contributed by atoms with Gasteiger partial charge in [-0.3, -0.25) is 9.88 Å². The molecule has 0 fully saturated rings.